The van der Waals surface area contributed by atoms with E-state index in [1.54, 1.807) is 0 Å². The molecule has 0 aromatic heterocycles. The Hall–Kier alpha value is 0.460. The van der Waals surface area contributed by atoms with Gasteiger partial charge in [0, 0.05) is 31.2 Å². The maximum absolute atomic E-state index is 3.45. The maximum atomic E-state index is 3.45. The molecule has 0 amide bonds. The molecule has 3 nitrogen and oxygen atoms in total. The van der Waals surface area contributed by atoms with Crippen LogP contribution < -0.4 is 5.32 Å². The second-order valence-electron chi connectivity index (χ2n) is 5.16. The number of halogens is 2. The Morgan fingerprint density at radius 3 is 2.12 bits per heavy atom. The lowest BCUT2D eigenvalue weighted by molar-refractivity contribution is 0.0896. The number of fused-ring (bicyclic) bond motifs is 2. The topological polar surface area (TPSA) is 18.5 Å². The molecule has 16 heavy (non-hydrogen) atoms. The van der Waals surface area contributed by atoms with Crippen molar-refractivity contribution in [2.75, 3.05) is 33.2 Å². The molecule has 2 atom stereocenters. The summed E-state index contributed by atoms with van der Waals surface area (Å²) >= 11 is 0. The van der Waals surface area contributed by atoms with Gasteiger partial charge in [0.15, 0.2) is 0 Å². The smallest absolute Gasteiger partial charge is 0.0242 e. The molecule has 1 N–H and O–H groups in total. The highest BCUT2D eigenvalue weighted by molar-refractivity contribution is 5.85. The number of piperazine rings is 1. The van der Waals surface area contributed by atoms with E-state index in [0.717, 1.165) is 18.1 Å². The monoisotopic (exact) mass is 267 g/mol. The lowest BCUT2D eigenvalue weighted by Crippen LogP contribution is -2.51. The van der Waals surface area contributed by atoms with Crippen molar-refractivity contribution in [2.24, 2.45) is 0 Å². The predicted molar refractivity (Wildman–Crippen MR) is 71.9 cm³/mol. The van der Waals surface area contributed by atoms with Crippen LogP contribution in [-0.4, -0.2) is 61.2 Å². The fourth-order valence-corrected chi connectivity index (χ4v) is 3.48. The quantitative estimate of drug-likeness (QED) is 0.764. The molecule has 0 saturated carbocycles. The van der Waals surface area contributed by atoms with E-state index in [-0.39, 0.29) is 24.8 Å². The molecule has 3 aliphatic rings. The molecule has 3 heterocycles. The lowest BCUT2D eigenvalue weighted by Gasteiger charge is -2.39. The predicted octanol–water partition coefficient (Wildman–Crippen LogP) is 0.970. The van der Waals surface area contributed by atoms with Gasteiger partial charge in [-0.15, -0.1) is 24.8 Å². The van der Waals surface area contributed by atoms with E-state index in [4.69, 9.17) is 0 Å². The van der Waals surface area contributed by atoms with Gasteiger partial charge in [0.25, 0.3) is 0 Å². The Bertz CT molecular complexity index is 219. The van der Waals surface area contributed by atoms with Crippen molar-refractivity contribution in [1.82, 2.24) is 15.1 Å². The zero-order valence-electron chi connectivity index (χ0n) is 9.89. The van der Waals surface area contributed by atoms with Crippen LogP contribution in [0.5, 0.6) is 0 Å². The first kappa shape index (κ1) is 14.5. The second-order valence-corrected chi connectivity index (χ2v) is 5.16. The second kappa shape index (κ2) is 5.87. The Labute approximate surface area is 111 Å². The van der Waals surface area contributed by atoms with Gasteiger partial charge in [-0.3, -0.25) is 4.90 Å². The van der Waals surface area contributed by atoms with Crippen LogP contribution in [0, 0.1) is 0 Å². The highest BCUT2D eigenvalue weighted by atomic mass is 35.5. The van der Waals surface area contributed by atoms with Crippen LogP contribution in [0.1, 0.15) is 19.3 Å². The van der Waals surface area contributed by atoms with Crippen LogP contribution in [-0.2, 0) is 0 Å². The Balaban J connectivity index is 0.000000640. The molecule has 0 aliphatic carbocycles. The van der Waals surface area contributed by atoms with E-state index in [1.165, 1.54) is 45.4 Å². The van der Waals surface area contributed by atoms with Crippen molar-refractivity contribution in [3.63, 3.8) is 0 Å². The standard InChI is InChI=1S/C11H21N3.2ClH/c1-13-7-11-6-10(13)8-14(11)9-2-4-12-5-3-9;;/h9-12H,2-8H2,1H3;2*1H. The van der Waals surface area contributed by atoms with Gasteiger partial charge in [-0.1, -0.05) is 0 Å². The average Bonchev–Trinajstić information content (AvgIpc) is 2.77. The van der Waals surface area contributed by atoms with E-state index < -0.39 is 0 Å². The van der Waals surface area contributed by atoms with E-state index in [9.17, 15) is 0 Å². The van der Waals surface area contributed by atoms with Crippen LogP contribution in [0.4, 0.5) is 0 Å². The van der Waals surface area contributed by atoms with Gasteiger partial charge in [-0.05, 0) is 39.4 Å². The molecule has 96 valence electrons. The molecule has 3 saturated heterocycles. The zero-order chi connectivity index (χ0) is 9.54. The Morgan fingerprint density at radius 1 is 0.938 bits per heavy atom. The van der Waals surface area contributed by atoms with Gasteiger partial charge in [0.1, 0.15) is 0 Å². The number of rotatable bonds is 1. The summed E-state index contributed by atoms with van der Waals surface area (Å²) in [6, 6.07) is 2.64. The van der Waals surface area contributed by atoms with Crippen LogP contribution in [0.15, 0.2) is 0 Å². The summed E-state index contributed by atoms with van der Waals surface area (Å²) in [5.41, 5.74) is 0. The molecule has 2 bridgehead atoms. The van der Waals surface area contributed by atoms with Crippen LogP contribution in [0.3, 0.4) is 0 Å². The molecule has 0 radical (unpaired) electrons. The molecule has 0 aromatic rings. The van der Waals surface area contributed by atoms with E-state index in [2.05, 4.69) is 22.2 Å². The molecule has 0 aromatic carbocycles. The van der Waals surface area contributed by atoms with Gasteiger partial charge >= 0.3 is 0 Å². The molecule has 3 fully saturated rings. The minimum Gasteiger partial charge on any atom is -0.317 e. The third kappa shape index (κ3) is 2.49. The molecule has 3 aliphatic heterocycles. The Kier molecular flexibility index (Phi) is 5.33. The van der Waals surface area contributed by atoms with Gasteiger partial charge in [-0.25, -0.2) is 0 Å². The first-order chi connectivity index (χ1) is 6.84. The van der Waals surface area contributed by atoms with Crippen molar-refractivity contribution in [2.45, 2.75) is 37.4 Å². The normalized spacial score (nSPS) is 35.8. The SMILES string of the molecule is CN1CC2CC1CN2C1CCNCC1.Cl.Cl. The highest BCUT2D eigenvalue weighted by Crippen LogP contribution is 2.32. The first-order valence-corrected chi connectivity index (χ1v) is 6.01. The Morgan fingerprint density at radius 2 is 1.62 bits per heavy atom. The number of piperidine rings is 1. The van der Waals surface area contributed by atoms with Gasteiger partial charge in [-0.2, -0.15) is 0 Å². The molecule has 0 spiro atoms. The largest absolute Gasteiger partial charge is 0.317 e. The van der Waals surface area contributed by atoms with E-state index >= 15 is 0 Å². The van der Waals surface area contributed by atoms with Gasteiger partial charge < -0.3 is 10.2 Å². The fourth-order valence-electron chi connectivity index (χ4n) is 3.48. The summed E-state index contributed by atoms with van der Waals surface area (Å²) in [6.07, 6.45) is 4.17. The van der Waals surface area contributed by atoms with Gasteiger partial charge in [0.05, 0.1) is 0 Å². The third-order valence-electron chi connectivity index (χ3n) is 4.33. The molecule has 2 unspecified atom stereocenters. The van der Waals surface area contributed by atoms with Crippen molar-refractivity contribution in [1.29, 1.82) is 0 Å². The third-order valence-corrected chi connectivity index (χ3v) is 4.33. The number of nitrogens with one attached hydrogen (secondary N) is 1. The number of likely N-dealkylation sites (N-methyl/N-ethyl adjacent to an activating group) is 1. The summed E-state index contributed by atoms with van der Waals surface area (Å²) in [5.74, 6) is 0. The molecule has 3 rings (SSSR count). The first-order valence-electron chi connectivity index (χ1n) is 6.01. The minimum absolute atomic E-state index is 0. The number of hydrogen-bond acceptors (Lipinski definition) is 3. The lowest BCUT2D eigenvalue weighted by atomic mass is 10.0. The maximum Gasteiger partial charge on any atom is 0.0242 e. The van der Waals surface area contributed by atoms with Crippen molar-refractivity contribution < 1.29 is 0 Å². The zero-order valence-corrected chi connectivity index (χ0v) is 11.5. The van der Waals surface area contributed by atoms with E-state index in [1.807, 2.05) is 0 Å². The molecule has 5 heteroatoms. The summed E-state index contributed by atoms with van der Waals surface area (Å²) in [5, 5.41) is 3.45. The van der Waals surface area contributed by atoms with Gasteiger partial charge in [0.2, 0.25) is 0 Å². The van der Waals surface area contributed by atoms with Crippen molar-refractivity contribution >= 4 is 24.8 Å². The van der Waals surface area contributed by atoms with Crippen molar-refractivity contribution in [3.05, 3.63) is 0 Å². The highest BCUT2D eigenvalue weighted by Gasteiger charge is 2.43. The number of likely N-dealkylation sites (tertiary alicyclic amines) is 2. The average molecular weight is 268 g/mol. The minimum atomic E-state index is 0. The summed E-state index contributed by atoms with van der Waals surface area (Å²) in [7, 11) is 2.28. The van der Waals surface area contributed by atoms with E-state index in [0.29, 0.717) is 0 Å². The summed E-state index contributed by atoms with van der Waals surface area (Å²) < 4.78 is 0. The number of nitrogens with zero attached hydrogens (tertiary/aromatic N) is 2. The molecular formula is C11H23Cl2N3. The van der Waals surface area contributed by atoms with Crippen LogP contribution >= 0.6 is 24.8 Å². The summed E-state index contributed by atoms with van der Waals surface area (Å²) in [6.45, 7) is 5.11. The molecular weight excluding hydrogens is 245 g/mol. The summed E-state index contributed by atoms with van der Waals surface area (Å²) in [4.78, 5) is 5.34. The number of hydrogen-bond donors (Lipinski definition) is 1. The fraction of sp³-hybridized carbons (Fsp3) is 1.00. The van der Waals surface area contributed by atoms with Crippen molar-refractivity contribution in [3.8, 4) is 0 Å². The van der Waals surface area contributed by atoms with Crippen LogP contribution in [0.25, 0.3) is 0 Å². The van der Waals surface area contributed by atoms with Crippen LogP contribution in [0.2, 0.25) is 0 Å².